The predicted octanol–water partition coefficient (Wildman–Crippen LogP) is -5.03. The molecule has 0 unspecified atom stereocenters. The number of hydrogen-bond donors (Lipinski definition) is 0. The van der Waals surface area contributed by atoms with Crippen molar-refractivity contribution in [3.8, 4) is 0 Å². The standard InChI is InChI=1S/C6H15O2Si.C5H3OSi.2ClH.Ti/c1-7-5-6-8-9(2,3)4;6-3-1-4-5(2-3)7-4;;;/h1,5-6H2,2-4H3;1H,7H2;2*1H;/q2*-1;;;+4/p-2. The third kappa shape index (κ3) is 12.3. The number of rotatable bonds is 4. The Labute approximate surface area is 146 Å². The number of carbonyl (C=O) groups excluding carboxylic acids is 1. The van der Waals surface area contributed by atoms with E-state index < -0.39 is 8.32 Å². The van der Waals surface area contributed by atoms with Crippen LogP contribution in [0.1, 0.15) is 0 Å². The number of halogens is 2. The maximum Gasteiger partial charge on any atom is 4.00 e. The molecule has 0 spiro atoms. The molecule has 2 aliphatic rings. The summed E-state index contributed by atoms with van der Waals surface area (Å²) in [6, 6.07) is 0. The van der Waals surface area contributed by atoms with Gasteiger partial charge in [0, 0.05) is 6.61 Å². The monoisotopic (exact) mass is 372 g/mol. The van der Waals surface area contributed by atoms with Gasteiger partial charge in [0.25, 0.3) is 0 Å². The second-order valence-corrected chi connectivity index (χ2v) is 11.0. The van der Waals surface area contributed by atoms with E-state index in [0.717, 1.165) is 0 Å². The summed E-state index contributed by atoms with van der Waals surface area (Å²) >= 11 is 0. The third-order valence-electron chi connectivity index (χ3n) is 1.97. The Bertz CT molecular complexity index is 321. The molecule has 0 saturated carbocycles. The molecule has 0 amide bonds. The minimum atomic E-state index is -1.30. The van der Waals surface area contributed by atoms with E-state index in [-0.39, 0.29) is 61.8 Å². The topological polar surface area (TPSA) is 35.5 Å². The van der Waals surface area contributed by atoms with E-state index >= 15 is 0 Å². The first-order chi connectivity index (χ1) is 7.42. The van der Waals surface area contributed by atoms with Crippen molar-refractivity contribution < 1.29 is 60.5 Å². The summed E-state index contributed by atoms with van der Waals surface area (Å²) in [6.45, 7) is 7.73. The van der Waals surface area contributed by atoms with E-state index in [9.17, 15) is 4.79 Å². The van der Waals surface area contributed by atoms with Gasteiger partial charge in [-0.2, -0.15) is 11.3 Å². The van der Waals surface area contributed by atoms with Crippen LogP contribution in [0.25, 0.3) is 0 Å². The van der Waals surface area contributed by atoms with Crippen molar-refractivity contribution >= 4 is 23.6 Å². The second kappa shape index (κ2) is 11.5. The Morgan fingerprint density at radius 3 is 2.16 bits per heavy atom. The minimum Gasteiger partial charge on any atom is -1.00 e. The quantitative estimate of drug-likeness (QED) is 0.281. The molecule has 0 atom stereocenters. The van der Waals surface area contributed by atoms with Gasteiger partial charge in [0.1, 0.15) is 0 Å². The van der Waals surface area contributed by atoms with E-state index in [2.05, 4.69) is 37.6 Å². The van der Waals surface area contributed by atoms with E-state index in [4.69, 9.17) is 4.43 Å². The zero-order valence-corrected chi connectivity index (χ0v) is 16.9. The van der Waals surface area contributed by atoms with Crippen molar-refractivity contribution in [3.63, 3.8) is 0 Å². The number of fused-ring (bicyclic) bond motifs is 1. The van der Waals surface area contributed by atoms with E-state index in [0.29, 0.717) is 13.2 Å². The van der Waals surface area contributed by atoms with Crippen molar-refractivity contribution in [2.45, 2.75) is 19.6 Å². The van der Waals surface area contributed by atoms with Crippen LogP contribution in [0.4, 0.5) is 0 Å². The number of ketones is 1. The Morgan fingerprint density at radius 2 is 1.89 bits per heavy atom. The van der Waals surface area contributed by atoms with Crippen molar-refractivity contribution in [1.82, 2.24) is 0 Å². The van der Waals surface area contributed by atoms with Crippen LogP contribution in [0.15, 0.2) is 16.5 Å². The zero-order chi connectivity index (χ0) is 12.2. The molecular weight excluding hydrogens is 355 g/mol. The summed E-state index contributed by atoms with van der Waals surface area (Å²) in [4.78, 5) is 10.3. The Kier molecular flexibility index (Phi) is 14.9. The zero-order valence-electron chi connectivity index (χ0n) is 11.4. The summed E-state index contributed by atoms with van der Waals surface area (Å²) in [5, 5.41) is 2.61. The summed E-state index contributed by atoms with van der Waals surface area (Å²) in [5.41, 5.74) is 0. The Balaban J connectivity index is -0.000000235. The number of hydrogen-bond acceptors (Lipinski definition) is 3. The van der Waals surface area contributed by atoms with Gasteiger partial charge in [-0.25, -0.2) is 12.3 Å². The average Bonchev–Trinajstić information content (AvgIpc) is 2.74. The van der Waals surface area contributed by atoms with Gasteiger partial charge in [0.15, 0.2) is 8.32 Å². The maximum atomic E-state index is 10.3. The van der Waals surface area contributed by atoms with E-state index in [1.165, 1.54) is 10.4 Å². The molecule has 1 fully saturated rings. The van der Waals surface area contributed by atoms with Crippen LogP contribution in [0.5, 0.6) is 0 Å². The third-order valence-corrected chi connectivity index (χ3v) is 4.54. The molecule has 0 bridgehead atoms. The van der Waals surface area contributed by atoms with Crippen LogP contribution in [0.3, 0.4) is 0 Å². The molecule has 3 nitrogen and oxygen atoms in total. The molecule has 0 N–H and O–H groups in total. The van der Waals surface area contributed by atoms with Gasteiger partial charge >= 0.3 is 21.7 Å². The molecule has 1 saturated heterocycles. The van der Waals surface area contributed by atoms with Gasteiger partial charge in [0.05, 0.1) is 12.4 Å². The molecule has 106 valence electrons. The van der Waals surface area contributed by atoms with Crippen LogP contribution in [-0.4, -0.2) is 36.8 Å². The van der Waals surface area contributed by atoms with Crippen molar-refractivity contribution in [2.75, 3.05) is 13.2 Å². The summed E-state index contributed by atoms with van der Waals surface area (Å²) < 4.78 is 10.0. The molecule has 8 heteroatoms. The first-order valence-corrected chi connectivity index (χ1v) is 10.1. The molecule has 19 heavy (non-hydrogen) atoms. The van der Waals surface area contributed by atoms with Gasteiger partial charge in [-0.3, -0.25) is 0 Å². The Hall–Kier alpha value is 0.798. The fourth-order valence-electron chi connectivity index (χ4n) is 1.16. The molecule has 0 aromatic carbocycles. The molecule has 1 aliphatic carbocycles. The van der Waals surface area contributed by atoms with Crippen molar-refractivity contribution in [3.05, 3.63) is 29.7 Å². The van der Waals surface area contributed by atoms with Crippen molar-refractivity contribution in [1.29, 1.82) is 0 Å². The summed E-state index contributed by atoms with van der Waals surface area (Å²) in [5.74, 6) is 0.0868. The van der Waals surface area contributed by atoms with Gasteiger partial charge in [-0.1, -0.05) is 0 Å². The van der Waals surface area contributed by atoms with E-state index in [1.54, 1.807) is 6.08 Å². The first-order valence-electron chi connectivity index (χ1n) is 5.31. The average molecular weight is 373 g/mol. The largest absolute Gasteiger partial charge is 4.00 e. The Morgan fingerprint density at radius 1 is 1.32 bits per heavy atom. The van der Waals surface area contributed by atoms with Crippen LogP contribution in [-0.2, 0) is 35.7 Å². The molecule has 1 heterocycles. The SMILES string of the molecule is O=C1[C-]=C2[SiH2]C2=C1.[CH2-]OCCO[Si](C)(C)C.[Cl-].[Cl-].[Ti+4]. The smallest absolute Gasteiger partial charge is 1.00 e. The second-order valence-electron chi connectivity index (χ2n) is 4.68. The number of allylic oxidation sites excluding steroid dienone is 4. The first kappa shape index (κ1) is 24.8. The van der Waals surface area contributed by atoms with Gasteiger partial charge in [-0.15, -0.1) is 6.08 Å². The molecule has 0 aromatic rings. The predicted molar refractivity (Wildman–Crippen MR) is 69.0 cm³/mol. The summed E-state index contributed by atoms with van der Waals surface area (Å²) in [6.07, 6.45) is 4.45. The van der Waals surface area contributed by atoms with Crippen molar-refractivity contribution in [2.24, 2.45) is 0 Å². The molecular formula is C11H18Cl2O3Si2Ti. The molecule has 0 radical (unpaired) electrons. The minimum absolute atomic E-state index is 0. The molecule has 0 aromatic heterocycles. The van der Waals surface area contributed by atoms with Crippen LogP contribution >= 0.6 is 0 Å². The summed E-state index contributed by atoms with van der Waals surface area (Å²) in [7, 11) is 1.94. The van der Waals surface area contributed by atoms with Crippen LogP contribution < -0.4 is 24.8 Å². The van der Waals surface area contributed by atoms with Gasteiger partial charge in [0.2, 0.25) is 0 Å². The van der Waals surface area contributed by atoms with Gasteiger partial charge < -0.3 is 38.8 Å². The number of ether oxygens (including phenoxy) is 1. The number of carbonyl (C=O) groups is 1. The van der Waals surface area contributed by atoms with E-state index in [1.807, 2.05) is 0 Å². The maximum absolute atomic E-state index is 10.3. The fourth-order valence-corrected chi connectivity index (χ4v) is 2.89. The van der Waals surface area contributed by atoms with Crippen LogP contribution in [0.2, 0.25) is 19.6 Å². The van der Waals surface area contributed by atoms with Gasteiger partial charge in [-0.05, 0) is 29.2 Å². The normalized spacial score (nSPS) is 15.7. The fraction of sp³-hybridized carbons (Fsp3) is 0.455. The van der Waals surface area contributed by atoms with Crippen LogP contribution in [0, 0.1) is 13.2 Å². The molecule has 2 rings (SSSR count). The molecule has 1 aliphatic heterocycles.